The molecule has 1 aromatic carbocycles. The number of hydrogen-bond donors (Lipinski definition) is 1. The molecule has 0 spiro atoms. The van der Waals surface area contributed by atoms with Crippen LogP contribution in [0.3, 0.4) is 0 Å². The van der Waals surface area contributed by atoms with Crippen molar-refractivity contribution in [2.75, 3.05) is 5.73 Å². The zero-order valence-electron chi connectivity index (χ0n) is 11.3. The molecule has 0 saturated carbocycles. The molecule has 0 unspecified atom stereocenters. The first kappa shape index (κ1) is 12.4. The van der Waals surface area contributed by atoms with Gasteiger partial charge in [-0.15, -0.1) is 0 Å². The van der Waals surface area contributed by atoms with Gasteiger partial charge in [-0.25, -0.2) is 0 Å². The van der Waals surface area contributed by atoms with Gasteiger partial charge in [0, 0.05) is 17.3 Å². The highest BCUT2D eigenvalue weighted by molar-refractivity contribution is 6.29. The van der Waals surface area contributed by atoms with E-state index in [2.05, 4.69) is 0 Å². The molecule has 1 aliphatic carbocycles. The van der Waals surface area contributed by atoms with Crippen LogP contribution in [0.5, 0.6) is 0 Å². The van der Waals surface area contributed by atoms with Gasteiger partial charge in [0.15, 0.2) is 5.78 Å². The summed E-state index contributed by atoms with van der Waals surface area (Å²) in [6.45, 7) is 0. The van der Waals surface area contributed by atoms with Gasteiger partial charge in [0.25, 0.3) is 0 Å². The van der Waals surface area contributed by atoms with E-state index in [-0.39, 0.29) is 28.4 Å². The van der Waals surface area contributed by atoms with Crippen molar-refractivity contribution in [2.24, 2.45) is 0 Å². The number of anilines is 1. The number of carbonyl (C=O) groups excluding carboxylic acids is 2. The van der Waals surface area contributed by atoms with E-state index in [0.29, 0.717) is 22.3 Å². The number of carbonyl (C=O) groups is 2. The zero-order chi connectivity index (χ0) is 15.4. The van der Waals surface area contributed by atoms with Gasteiger partial charge in [-0.3, -0.25) is 9.59 Å². The Morgan fingerprint density at radius 2 is 1.68 bits per heavy atom. The lowest BCUT2D eigenvalue weighted by Crippen LogP contribution is -2.21. The summed E-state index contributed by atoms with van der Waals surface area (Å²) in [6, 6.07) is 12.0. The first-order valence-corrected chi connectivity index (χ1v) is 6.66. The van der Waals surface area contributed by atoms with Crippen molar-refractivity contribution < 1.29 is 9.59 Å². The largest absolute Gasteiger partial charge is 0.397 e. The fraction of sp³-hybridized carbons (Fsp3) is 0. The molecule has 0 atom stereocenters. The second-order valence-corrected chi connectivity index (χ2v) is 5.10. The summed E-state index contributed by atoms with van der Waals surface area (Å²) in [4.78, 5) is 25.5. The Morgan fingerprint density at radius 3 is 2.36 bits per heavy atom. The van der Waals surface area contributed by atoms with Crippen LogP contribution in [0.25, 0.3) is 5.52 Å². The van der Waals surface area contributed by atoms with Crippen molar-refractivity contribution in [2.45, 2.75) is 0 Å². The lowest BCUT2D eigenvalue weighted by Gasteiger charge is -2.14. The molecule has 1 aliphatic rings. The summed E-state index contributed by atoms with van der Waals surface area (Å²) in [5.74, 6) is -0.586. The lowest BCUT2D eigenvalue weighted by molar-refractivity contribution is 0.0975. The first-order valence-electron chi connectivity index (χ1n) is 6.66. The van der Waals surface area contributed by atoms with Crippen LogP contribution < -0.4 is 5.73 Å². The van der Waals surface area contributed by atoms with Crippen molar-refractivity contribution >= 4 is 22.8 Å². The monoisotopic (exact) mass is 287 g/mol. The van der Waals surface area contributed by atoms with Gasteiger partial charge >= 0.3 is 0 Å². The molecule has 5 nitrogen and oxygen atoms in total. The molecule has 22 heavy (non-hydrogen) atoms. The van der Waals surface area contributed by atoms with Crippen LogP contribution in [0, 0.1) is 11.3 Å². The highest BCUT2D eigenvalue weighted by atomic mass is 16.1. The Labute approximate surface area is 125 Å². The first-order chi connectivity index (χ1) is 10.6. The molecule has 2 heterocycles. The third kappa shape index (κ3) is 1.31. The van der Waals surface area contributed by atoms with Crippen LogP contribution in [0.1, 0.15) is 37.5 Å². The summed E-state index contributed by atoms with van der Waals surface area (Å²) in [5, 5.41) is 9.47. The number of nitriles is 1. The second kappa shape index (κ2) is 4.06. The van der Waals surface area contributed by atoms with Crippen LogP contribution in [-0.2, 0) is 0 Å². The van der Waals surface area contributed by atoms with Crippen LogP contribution >= 0.6 is 0 Å². The van der Waals surface area contributed by atoms with Crippen molar-refractivity contribution in [1.29, 1.82) is 5.26 Å². The van der Waals surface area contributed by atoms with E-state index >= 15 is 0 Å². The van der Waals surface area contributed by atoms with Gasteiger partial charge in [0.1, 0.15) is 11.8 Å². The molecule has 3 aromatic rings. The van der Waals surface area contributed by atoms with Crippen LogP contribution in [0.4, 0.5) is 5.69 Å². The number of aromatic nitrogens is 1. The molecular formula is C17H9N3O2. The van der Waals surface area contributed by atoms with Crippen LogP contribution in [0.2, 0.25) is 0 Å². The average molecular weight is 287 g/mol. The molecular weight excluding hydrogens is 278 g/mol. The highest BCUT2D eigenvalue weighted by Crippen LogP contribution is 2.34. The van der Waals surface area contributed by atoms with E-state index in [9.17, 15) is 14.9 Å². The molecule has 5 heteroatoms. The quantitative estimate of drug-likeness (QED) is 0.537. The van der Waals surface area contributed by atoms with E-state index in [1.54, 1.807) is 47.0 Å². The topological polar surface area (TPSA) is 88.4 Å². The van der Waals surface area contributed by atoms with Crippen molar-refractivity contribution in [3.05, 3.63) is 70.5 Å². The van der Waals surface area contributed by atoms with Crippen LogP contribution in [-0.4, -0.2) is 16.0 Å². The van der Waals surface area contributed by atoms with E-state index in [1.807, 2.05) is 6.07 Å². The van der Waals surface area contributed by atoms with Crippen molar-refractivity contribution in [3.63, 3.8) is 0 Å². The molecule has 104 valence electrons. The fourth-order valence-electron chi connectivity index (χ4n) is 3.03. The molecule has 4 rings (SSSR count). The maximum absolute atomic E-state index is 12.8. The summed E-state index contributed by atoms with van der Waals surface area (Å²) in [6.07, 6.45) is 1.64. The Morgan fingerprint density at radius 1 is 1.00 bits per heavy atom. The molecule has 2 N–H and O–H groups in total. The second-order valence-electron chi connectivity index (χ2n) is 5.10. The number of benzene rings is 1. The van der Waals surface area contributed by atoms with Gasteiger partial charge in [-0.05, 0) is 12.1 Å². The Balaban J connectivity index is 2.23. The average Bonchev–Trinajstić information content (AvgIpc) is 2.88. The zero-order valence-corrected chi connectivity index (χ0v) is 11.3. The number of nitrogens with two attached hydrogens (primary N) is 1. The number of ketones is 2. The molecule has 0 bridgehead atoms. The van der Waals surface area contributed by atoms with Crippen LogP contribution in [0.15, 0.2) is 42.6 Å². The number of hydrogen-bond acceptors (Lipinski definition) is 4. The molecule has 2 aromatic heterocycles. The number of nitrogens with zero attached hydrogens (tertiary/aromatic N) is 2. The summed E-state index contributed by atoms with van der Waals surface area (Å²) >= 11 is 0. The predicted molar refractivity (Wildman–Crippen MR) is 79.8 cm³/mol. The summed E-state index contributed by atoms with van der Waals surface area (Å²) in [5.41, 5.74) is 7.90. The Bertz CT molecular complexity index is 1040. The van der Waals surface area contributed by atoms with Gasteiger partial charge in [0.2, 0.25) is 5.78 Å². The smallest absolute Gasteiger partial charge is 0.211 e. The Hall–Kier alpha value is -3.39. The maximum Gasteiger partial charge on any atom is 0.211 e. The van der Waals surface area contributed by atoms with Crippen molar-refractivity contribution in [1.82, 2.24) is 4.40 Å². The van der Waals surface area contributed by atoms with E-state index in [1.165, 1.54) is 0 Å². The summed E-state index contributed by atoms with van der Waals surface area (Å²) < 4.78 is 1.54. The van der Waals surface area contributed by atoms with Gasteiger partial charge in [-0.2, -0.15) is 5.26 Å². The highest BCUT2D eigenvalue weighted by Gasteiger charge is 2.36. The molecule has 0 amide bonds. The van der Waals surface area contributed by atoms with E-state index in [4.69, 9.17) is 5.73 Å². The fourth-order valence-corrected chi connectivity index (χ4v) is 3.03. The third-order valence-corrected chi connectivity index (χ3v) is 3.96. The Kier molecular flexibility index (Phi) is 2.28. The minimum Gasteiger partial charge on any atom is -0.397 e. The maximum atomic E-state index is 12.8. The minimum absolute atomic E-state index is 0.143. The number of pyridine rings is 1. The predicted octanol–water partition coefficient (Wildman–Crippen LogP) is 2.17. The SMILES string of the molecule is N#Cc1c2c(n3cccc(N)c13)C(=O)c1ccccc1C2=O. The number of rotatable bonds is 0. The normalized spacial score (nSPS) is 12.9. The molecule has 0 fully saturated rings. The molecule has 0 aliphatic heterocycles. The lowest BCUT2D eigenvalue weighted by atomic mass is 9.86. The van der Waals surface area contributed by atoms with Crippen molar-refractivity contribution in [3.8, 4) is 6.07 Å². The standard InChI is InChI=1S/C17H9N3O2/c18-8-11-13-15(20-7-3-6-12(19)14(11)20)17(22)10-5-2-1-4-9(10)16(13)21/h1-7H,19H2. The molecule has 0 radical (unpaired) electrons. The van der Waals surface area contributed by atoms with E-state index in [0.717, 1.165) is 0 Å². The third-order valence-electron chi connectivity index (χ3n) is 3.96. The molecule has 0 saturated heterocycles. The summed E-state index contributed by atoms with van der Waals surface area (Å²) in [7, 11) is 0. The number of nitrogen functional groups attached to an aromatic ring is 1. The van der Waals surface area contributed by atoms with Gasteiger partial charge < -0.3 is 10.1 Å². The van der Waals surface area contributed by atoms with E-state index < -0.39 is 0 Å². The van der Waals surface area contributed by atoms with Gasteiger partial charge in [0.05, 0.1) is 22.3 Å². The van der Waals surface area contributed by atoms with Gasteiger partial charge in [-0.1, -0.05) is 24.3 Å². The minimum atomic E-state index is -0.315. The number of fused-ring (bicyclic) bond motifs is 4.